The summed E-state index contributed by atoms with van der Waals surface area (Å²) in [5, 5.41) is 15.6. The molecule has 8 nitrogen and oxygen atoms in total. The number of hydrogen-bond acceptors (Lipinski definition) is 5. The molecule has 1 amide bonds. The van der Waals surface area contributed by atoms with Crippen LogP contribution in [-0.2, 0) is 6.54 Å². The number of rotatable bonds is 6. The maximum Gasteiger partial charge on any atom is 0.269 e. The van der Waals surface area contributed by atoms with Gasteiger partial charge in [-0.05, 0) is 25.5 Å². The number of nitrogens with zero attached hydrogens (tertiary/aromatic N) is 5. The number of hydrogen-bond donors (Lipinski definition) is 0. The maximum absolute atomic E-state index is 13.0. The van der Waals surface area contributed by atoms with E-state index in [0.717, 1.165) is 18.5 Å². The van der Waals surface area contributed by atoms with Gasteiger partial charge >= 0.3 is 0 Å². The van der Waals surface area contributed by atoms with Crippen LogP contribution in [-0.4, -0.2) is 51.7 Å². The molecule has 0 aliphatic carbocycles. The van der Waals surface area contributed by atoms with Gasteiger partial charge in [0.15, 0.2) is 0 Å². The summed E-state index contributed by atoms with van der Waals surface area (Å²) in [5.74, 6) is -0.0893. The fourth-order valence-corrected chi connectivity index (χ4v) is 3.70. The molecule has 0 spiro atoms. The predicted molar refractivity (Wildman–Crippen MR) is 108 cm³/mol. The Kier molecular flexibility index (Phi) is 6.18. The highest BCUT2D eigenvalue weighted by molar-refractivity contribution is 6.33. The third kappa shape index (κ3) is 4.11. The van der Waals surface area contributed by atoms with Gasteiger partial charge in [-0.25, -0.2) is 0 Å². The monoisotopic (exact) mass is 405 g/mol. The fourth-order valence-electron chi connectivity index (χ4n) is 3.36. The molecular weight excluding hydrogens is 382 g/mol. The summed E-state index contributed by atoms with van der Waals surface area (Å²) in [5.41, 5.74) is 2.13. The number of aromatic nitrogens is 2. The Hall–Kier alpha value is -2.61. The zero-order chi connectivity index (χ0) is 20.3. The molecule has 1 aliphatic heterocycles. The summed E-state index contributed by atoms with van der Waals surface area (Å²) in [6.45, 7) is 7.05. The van der Waals surface area contributed by atoms with Crippen molar-refractivity contribution in [3.05, 3.63) is 50.8 Å². The number of non-ortho nitro benzene ring substituents is 1. The number of carbonyl (C=O) groups is 1. The second-order valence-electron chi connectivity index (χ2n) is 6.88. The largest absolute Gasteiger partial charge is 0.368 e. The van der Waals surface area contributed by atoms with E-state index in [-0.39, 0.29) is 11.6 Å². The predicted octanol–water partition coefficient (Wildman–Crippen LogP) is 3.52. The van der Waals surface area contributed by atoms with Crippen LogP contribution in [0.3, 0.4) is 0 Å². The first-order chi connectivity index (χ1) is 13.4. The van der Waals surface area contributed by atoms with Crippen molar-refractivity contribution in [1.29, 1.82) is 0 Å². The van der Waals surface area contributed by atoms with E-state index in [1.807, 2.05) is 6.92 Å². The number of nitro groups is 1. The molecule has 0 atom stereocenters. The molecule has 1 aliphatic rings. The van der Waals surface area contributed by atoms with Crippen LogP contribution < -0.4 is 4.90 Å². The number of unbranched alkanes of at least 4 members (excludes halogenated alkanes) is 1. The highest BCUT2D eigenvalue weighted by Gasteiger charge is 2.28. The molecule has 2 heterocycles. The van der Waals surface area contributed by atoms with Crippen LogP contribution >= 0.6 is 11.6 Å². The van der Waals surface area contributed by atoms with Crippen LogP contribution in [0, 0.1) is 17.0 Å². The second-order valence-corrected chi connectivity index (χ2v) is 7.24. The van der Waals surface area contributed by atoms with Crippen LogP contribution in [0.15, 0.2) is 24.3 Å². The minimum Gasteiger partial charge on any atom is -0.368 e. The Balaban J connectivity index is 1.65. The van der Waals surface area contributed by atoms with Gasteiger partial charge in [-0.1, -0.05) is 24.9 Å². The minimum absolute atomic E-state index is 0.0720. The van der Waals surface area contributed by atoms with Crippen molar-refractivity contribution < 1.29 is 9.72 Å². The van der Waals surface area contributed by atoms with E-state index in [4.69, 9.17) is 11.6 Å². The first kappa shape index (κ1) is 20.1. The first-order valence-electron chi connectivity index (χ1n) is 9.44. The summed E-state index contributed by atoms with van der Waals surface area (Å²) in [7, 11) is 0. The lowest BCUT2D eigenvalue weighted by atomic mass is 10.2. The molecule has 9 heteroatoms. The van der Waals surface area contributed by atoms with Crippen molar-refractivity contribution in [2.75, 3.05) is 31.1 Å². The Morgan fingerprint density at radius 2 is 1.86 bits per heavy atom. The molecule has 3 rings (SSSR count). The summed E-state index contributed by atoms with van der Waals surface area (Å²) < 4.78 is 1.71. The molecule has 1 fully saturated rings. The lowest BCUT2D eigenvalue weighted by Gasteiger charge is -2.36. The van der Waals surface area contributed by atoms with Gasteiger partial charge in [-0.2, -0.15) is 5.10 Å². The van der Waals surface area contributed by atoms with Crippen molar-refractivity contribution in [3.63, 3.8) is 0 Å². The second kappa shape index (κ2) is 8.60. The smallest absolute Gasteiger partial charge is 0.269 e. The minimum atomic E-state index is -0.410. The van der Waals surface area contributed by atoms with Crippen LogP contribution in [0.1, 0.15) is 35.8 Å². The molecule has 0 saturated carbocycles. The highest BCUT2D eigenvalue weighted by atomic mass is 35.5. The molecule has 0 N–H and O–H groups in total. The van der Waals surface area contributed by atoms with E-state index in [9.17, 15) is 14.9 Å². The van der Waals surface area contributed by atoms with Gasteiger partial charge < -0.3 is 9.80 Å². The van der Waals surface area contributed by atoms with Crippen LogP contribution in [0.4, 0.5) is 11.4 Å². The first-order valence-corrected chi connectivity index (χ1v) is 9.81. The standard InChI is InChI=1S/C19H24ClN5O3/c1-3-4-9-24-18(20)17(14(2)21-24)19(26)23-12-10-22(11-13-23)15-5-7-16(8-6-15)25(27)28/h5-8H,3-4,9-13H2,1-2H3. The molecule has 1 saturated heterocycles. The third-order valence-electron chi connectivity index (χ3n) is 5.00. The zero-order valence-electron chi connectivity index (χ0n) is 16.1. The Bertz CT molecular complexity index is 857. The average molecular weight is 406 g/mol. The quantitative estimate of drug-likeness (QED) is 0.542. The highest BCUT2D eigenvalue weighted by Crippen LogP contribution is 2.24. The Morgan fingerprint density at radius 3 is 2.43 bits per heavy atom. The van der Waals surface area contributed by atoms with Crippen molar-refractivity contribution in [2.24, 2.45) is 0 Å². The van der Waals surface area contributed by atoms with Crippen molar-refractivity contribution in [3.8, 4) is 0 Å². The number of piperazine rings is 1. The SMILES string of the molecule is CCCCn1nc(C)c(C(=O)N2CCN(c3ccc([N+](=O)[O-])cc3)CC2)c1Cl. The van der Waals surface area contributed by atoms with Gasteiger partial charge in [0.1, 0.15) is 5.15 Å². The van der Waals surface area contributed by atoms with E-state index < -0.39 is 4.92 Å². The fraction of sp³-hybridized carbons (Fsp3) is 0.474. The molecule has 1 aromatic carbocycles. The van der Waals surface area contributed by atoms with Crippen LogP contribution in [0.5, 0.6) is 0 Å². The molecular formula is C19H24ClN5O3. The number of carbonyl (C=O) groups excluding carboxylic acids is 1. The zero-order valence-corrected chi connectivity index (χ0v) is 16.9. The van der Waals surface area contributed by atoms with Gasteiger partial charge in [-0.3, -0.25) is 19.6 Å². The number of aryl methyl sites for hydroxylation is 2. The average Bonchev–Trinajstić information content (AvgIpc) is 2.99. The molecule has 0 bridgehead atoms. The molecule has 28 heavy (non-hydrogen) atoms. The van der Waals surface area contributed by atoms with Gasteiger partial charge in [0.25, 0.3) is 11.6 Å². The van der Waals surface area contributed by atoms with Gasteiger partial charge in [0, 0.05) is 50.5 Å². The van der Waals surface area contributed by atoms with E-state index in [1.54, 1.807) is 21.7 Å². The third-order valence-corrected chi connectivity index (χ3v) is 5.38. The number of benzene rings is 1. The normalized spacial score (nSPS) is 14.4. The van der Waals surface area contributed by atoms with Gasteiger partial charge in [0.05, 0.1) is 16.2 Å². The van der Waals surface area contributed by atoms with Crippen molar-refractivity contribution >= 4 is 28.9 Å². The summed E-state index contributed by atoms with van der Waals surface area (Å²) >= 11 is 6.43. The van der Waals surface area contributed by atoms with Crippen molar-refractivity contribution in [1.82, 2.24) is 14.7 Å². The summed E-state index contributed by atoms with van der Waals surface area (Å²) in [4.78, 5) is 27.3. The lowest BCUT2D eigenvalue weighted by molar-refractivity contribution is -0.384. The van der Waals surface area contributed by atoms with Gasteiger partial charge in [-0.15, -0.1) is 0 Å². The lowest BCUT2D eigenvalue weighted by Crippen LogP contribution is -2.49. The molecule has 1 aromatic heterocycles. The van der Waals surface area contributed by atoms with E-state index in [1.165, 1.54) is 12.1 Å². The van der Waals surface area contributed by atoms with E-state index >= 15 is 0 Å². The number of amides is 1. The number of anilines is 1. The molecule has 150 valence electrons. The number of halogens is 1. The topological polar surface area (TPSA) is 84.5 Å². The summed E-state index contributed by atoms with van der Waals surface area (Å²) in [6, 6.07) is 6.49. The van der Waals surface area contributed by atoms with E-state index in [2.05, 4.69) is 16.9 Å². The van der Waals surface area contributed by atoms with Gasteiger partial charge in [0.2, 0.25) is 0 Å². The van der Waals surface area contributed by atoms with Crippen LogP contribution in [0.2, 0.25) is 5.15 Å². The Morgan fingerprint density at radius 1 is 1.21 bits per heavy atom. The summed E-state index contributed by atoms with van der Waals surface area (Å²) in [6.07, 6.45) is 1.99. The Labute approximate surface area is 168 Å². The molecule has 2 aromatic rings. The number of nitro benzene ring substituents is 1. The maximum atomic E-state index is 13.0. The molecule has 0 unspecified atom stereocenters. The molecule has 0 radical (unpaired) electrons. The van der Waals surface area contributed by atoms with E-state index in [0.29, 0.717) is 49.1 Å². The van der Waals surface area contributed by atoms with Crippen molar-refractivity contribution in [2.45, 2.75) is 33.2 Å². The van der Waals surface area contributed by atoms with Crippen LogP contribution in [0.25, 0.3) is 0 Å².